The number of nitrogens with one attached hydrogen (secondary N) is 1. The molecule has 1 heterocycles. The Hall–Kier alpha value is -2.92. The summed E-state index contributed by atoms with van der Waals surface area (Å²) >= 11 is 6.09. The fourth-order valence-electron chi connectivity index (χ4n) is 2.45. The van der Waals surface area contributed by atoms with E-state index in [1.807, 2.05) is 0 Å². The Kier molecular flexibility index (Phi) is 4.67. The Labute approximate surface area is 149 Å². The summed E-state index contributed by atoms with van der Waals surface area (Å²) in [5.41, 5.74) is 2.88. The van der Waals surface area contributed by atoms with E-state index in [1.165, 1.54) is 14.0 Å². The predicted molar refractivity (Wildman–Crippen MR) is 97.8 cm³/mol. The molecule has 0 aliphatic rings. The molecule has 0 saturated carbocycles. The minimum atomic E-state index is -0.521. The van der Waals surface area contributed by atoms with Gasteiger partial charge in [0.05, 0.1) is 18.3 Å². The zero-order chi connectivity index (χ0) is 18.0. The van der Waals surface area contributed by atoms with Crippen LogP contribution in [0.5, 0.6) is 0 Å². The second-order valence-electron chi connectivity index (χ2n) is 5.47. The lowest BCUT2D eigenvalue weighted by molar-refractivity contribution is 0.0594. The highest BCUT2D eigenvalue weighted by molar-refractivity contribution is 6.31. The van der Waals surface area contributed by atoms with Crippen LogP contribution in [0.1, 0.15) is 27.8 Å². The van der Waals surface area contributed by atoms with Crippen LogP contribution in [-0.4, -0.2) is 23.8 Å². The number of aromatic nitrogens is 1. The van der Waals surface area contributed by atoms with E-state index in [1.54, 1.807) is 48.5 Å². The van der Waals surface area contributed by atoms with Gasteiger partial charge < -0.3 is 10.1 Å². The van der Waals surface area contributed by atoms with E-state index in [4.69, 9.17) is 16.3 Å². The van der Waals surface area contributed by atoms with Crippen LogP contribution in [0.4, 0.5) is 11.4 Å². The van der Waals surface area contributed by atoms with Crippen molar-refractivity contribution in [1.29, 1.82) is 0 Å². The zero-order valence-electron chi connectivity index (χ0n) is 13.7. The Morgan fingerprint density at radius 2 is 1.80 bits per heavy atom. The van der Waals surface area contributed by atoms with E-state index in [-0.39, 0.29) is 11.5 Å². The molecule has 0 fully saturated rings. The fraction of sp³-hybridized carbons (Fsp3) is 0.105. The van der Waals surface area contributed by atoms with Crippen molar-refractivity contribution in [2.24, 2.45) is 0 Å². The van der Waals surface area contributed by atoms with Crippen molar-refractivity contribution < 1.29 is 14.3 Å². The van der Waals surface area contributed by atoms with Crippen molar-refractivity contribution in [3.8, 4) is 0 Å². The maximum absolute atomic E-state index is 11.9. The van der Waals surface area contributed by atoms with Gasteiger partial charge in [0.25, 0.3) is 0 Å². The van der Waals surface area contributed by atoms with Crippen LogP contribution >= 0.6 is 11.6 Å². The van der Waals surface area contributed by atoms with Gasteiger partial charge in [-0.3, -0.25) is 4.79 Å². The zero-order valence-corrected chi connectivity index (χ0v) is 14.4. The molecule has 0 unspecified atom stereocenters. The quantitative estimate of drug-likeness (QED) is 0.547. The monoisotopic (exact) mass is 354 g/mol. The van der Waals surface area contributed by atoms with Gasteiger partial charge in [-0.15, -0.1) is 0 Å². The second kappa shape index (κ2) is 6.91. The first-order valence-electron chi connectivity index (χ1n) is 7.54. The van der Waals surface area contributed by atoms with E-state index >= 15 is 0 Å². The van der Waals surface area contributed by atoms with E-state index in [0.29, 0.717) is 21.8 Å². The molecule has 0 aliphatic carbocycles. The Morgan fingerprint density at radius 3 is 2.44 bits per heavy atom. The average Bonchev–Trinajstić information content (AvgIpc) is 2.61. The molecule has 0 radical (unpaired) electrons. The molecule has 0 aliphatic heterocycles. The summed E-state index contributed by atoms with van der Waals surface area (Å²) in [7, 11) is 1.31. The number of carbonyl (C=O) groups is 2. The minimum Gasteiger partial charge on any atom is -0.464 e. The molecule has 0 saturated heterocycles. The lowest BCUT2D eigenvalue weighted by atomic mass is 10.1. The highest BCUT2D eigenvalue weighted by Gasteiger charge is 2.13. The summed E-state index contributed by atoms with van der Waals surface area (Å²) < 4.78 is 4.76. The van der Waals surface area contributed by atoms with Gasteiger partial charge >= 0.3 is 5.97 Å². The largest absolute Gasteiger partial charge is 0.464 e. The third kappa shape index (κ3) is 3.61. The Balaban J connectivity index is 2.07. The molecular weight excluding hydrogens is 340 g/mol. The molecule has 1 aromatic heterocycles. The number of Topliss-reactive ketones (excluding diaryl/α,β-unsaturated/α-hetero) is 1. The average molecular weight is 355 g/mol. The normalized spacial score (nSPS) is 10.5. The maximum Gasteiger partial charge on any atom is 0.356 e. The number of pyridine rings is 1. The molecule has 0 atom stereocenters. The van der Waals surface area contributed by atoms with E-state index in [2.05, 4.69) is 10.3 Å². The van der Waals surface area contributed by atoms with Gasteiger partial charge in [0.15, 0.2) is 11.5 Å². The van der Waals surface area contributed by atoms with Crippen LogP contribution in [-0.2, 0) is 4.74 Å². The van der Waals surface area contributed by atoms with E-state index in [0.717, 1.165) is 11.1 Å². The molecule has 2 aromatic carbocycles. The number of methoxy groups -OCH3 is 1. The van der Waals surface area contributed by atoms with Gasteiger partial charge in [0.2, 0.25) is 0 Å². The van der Waals surface area contributed by atoms with Gasteiger partial charge in [-0.2, -0.15) is 0 Å². The number of hydrogen-bond acceptors (Lipinski definition) is 5. The number of carbonyl (C=O) groups excluding carboxylic acids is 2. The molecule has 5 nitrogen and oxygen atoms in total. The van der Waals surface area contributed by atoms with Gasteiger partial charge in [0, 0.05) is 21.7 Å². The predicted octanol–water partition coefficient (Wildman–Crippen LogP) is 4.62. The van der Waals surface area contributed by atoms with E-state index < -0.39 is 5.97 Å². The number of benzene rings is 2. The third-order valence-electron chi connectivity index (χ3n) is 3.74. The number of rotatable bonds is 4. The maximum atomic E-state index is 11.9. The first kappa shape index (κ1) is 16.9. The highest BCUT2D eigenvalue weighted by atomic mass is 35.5. The van der Waals surface area contributed by atoms with Gasteiger partial charge in [0.1, 0.15) is 0 Å². The summed E-state index contributed by atoms with van der Waals surface area (Å²) in [6, 6.07) is 13.9. The van der Waals surface area contributed by atoms with Crippen LogP contribution < -0.4 is 5.32 Å². The SMILES string of the molecule is COC(=O)c1cc(Nc2ccc(C(C)=O)cc2)c2cc(Cl)ccc2n1. The molecule has 3 aromatic rings. The van der Waals surface area contributed by atoms with Gasteiger partial charge in [-0.05, 0) is 55.5 Å². The Bertz CT molecular complexity index is 968. The molecule has 25 heavy (non-hydrogen) atoms. The number of halogens is 1. The molecule has 0 amide bonds. The van der Waals surface area contributed by atoms with Crippen molar-refractivity contribution in [3.05, 3.63) is 64.8 Å². The molecular formula is C19H15ClN2O3. The summed E-state index contributed by atoms with van der Waals surface area (Å²) in [6.07, 6.45) is 0. The number of ether oxygens (including phenoxy) is 1. The summed E-state index contributed by atoms with van der Waals surface area (Å²) in [4.78, 5) is 27.6. The van der Waals surface area contributed by atoms with Crippen LogP contribution in [0.25, 0.3) is 10.9 Å². The van der Waals surface area contributed by atoms with Crippen LogP contribution in [0.3, 0.4) is 0 Å². The fourth-order valence-corrected chi connectivity index (χ4v) is 2.63. The molecule has 6 heteroatoms. The molecule has 0 spiro atoms. The summed E-state index contributed by atoms with van der Waals surface area (Å²) in [5, 5.41) is 4.58. The van der Waals surface area contributed by atoms with Crippen LogP contribution in [0.2, 0.25) is 5.02 Å². The summed E-state index contributed by atoms with van der Waals surface area (Å²) in [5.74, 6) is -0.521. The van der Waals surface area contributed by atoms with Crippen molar-refractivity contribution in [2.75, 3.05) is 12.4 Å². The highest BCUT2D eigenvalue weighted by Crippen LogP contribution is 2.29. The van der Waals surface area contributed by atoms with Crippen LogP contribution in [0, 0.1) is 0 Å². The van der Waals surface area contributed by atoms with Gasteiger partial charge in [-0.25, -0.2) is 9.78 Å². The number of nitrogens with zero attached hydrogens (tertiary/aromatic N) is 1. The first-order chi connectivity index (χ1) is 12.0. The lowest BCUT2D eigenvalue weighted by Gasteiger charge is -2.12. The summed E-state index contributed by atoms with van der Waals surface area (Å²) in [6.45, 7) is 1.52. The van der Waals surface area contributed by atoms with E-state index in [9.17, 15) is 9.59 Å². The Morgan fingerprint density at radius 1 is 1.08 bits per heavy atom. The minimum absolute atomic E-state index is 0.000621. The molecule has 0 bridgehead atoms. The smallest absolute Gasteiger partial charge is 0.356 e. The number of fused-ring (bicyclic) bond motifs is 1. The van der Waals surface area contributed by atoms with Crippen molar-refractivity contribution in [2.45, 2.75) is 6.92 Å². The third-order valence-corrected chi connectivity index (χ3v) is 3.97. The number of ketones is 1. The molecule has 126 valence electrons. The topological polar surface area (TPSA) is 68.3 Å². The van der Waals surface area contributed by atoms with Crippen molar-refractivity contribution in [1.82, 2.24) is 4.98 Å². The standard InChI is InChI=1S/C19H15ClN2O3/c1-11(23)12-3-6-14(7-4-12)21-17-10-18(19(24)25-2)22-16-8-5-13(20)9-15(16)17/h3-10H,1-2H3,(H,21,22). The number of hydrogen-bond donors (Lipinski definition) is 1. The number of anilines is 2. The molecule has 1 N–H and O–H groups in total. The number of esters is 1. The second-order valence-corrected chi connectivity index (χ2v) is 5.90. The van der Waals surface area contributed by atoms with Crippen molar-refractivity contribution >= 4 is 45.6 Å². The van der Waals surface area contributed by atoms with Crippen LogP contribution in [0.15, 0.2) is 48.5 Å². The van der Waals surface area contributed by atoms with Crippen molar-refractivity contribution in [3.63, 3.8) is 0 Å². The molecule has 3 rings (SSSR count). The van der Waals surface area contributed by atoms with Gasteiger partial charge in [-0.1, -0.05) is 11.6 Å². The lowest BCUT2D eigenvalue weighted by Crippen LogP contribution is -2.06. The first-order valence-corrected chi connectivity index (χ1v) is 7.92.